The van der Waals surface area contributed by atoms with E-state index in [-0.39, 0.29) is 6.04 Å². The van der Waals surface area contributed by atoms with E-state index >= 15 is 0 Å². The number of hydrogen-bond acceptors (Lipinski definition) is 6. The highest BCUT2D eigenvalue weighted by molar-refractivity contribution is 5.54. The summed E-state index contributed by atoms with van der Waals surface area (Å²) in [5, 5.41) is 7.50. The summed E-state index contributed by atoms with van der Waals surface area (Å²) >= 11 is 0. The standard InChI is InChI=1S/C18H27N5O/c1-4-22-9-11-23(12-10-22)17-8-6-5-7-16(17)13-19-14(2)18-20-15(3)24-21-18/h5-8,14,19H,4,9-13H2,1-3H3. The van der Waals surface area contributed by atoms with Crippen LogP contribution >= 0.6 is 0 Å². The lowest BCUT2D eigenvalue weighted by molar-refractivity contribution is 0.271. The van der Waals surface area contributed by atoms with Crippen LogP contribution in [0.15, 0.2) is 28.8 Å². The third-order valence-corrected chi connectivity index (χ3v) is 4.68. The Hall–Kier alpha value is -1.92. The van der Waals surface area contributed by atoms with Gasteiger partial charge in [0.15, 0.2) is 5.82 Å². The number of aromatic nitrogens is 2. The summed E-state index contributed by atoms with van der Waals surface area (Å²) in [5.74, 6) is 1.31. The Balaban J connectivity index is 1.64. The molecule has 1 aromatic carbocycles. The first-order valence-corrected chi connectivity index (χ1v) is 8.76. The van der Waals surface area contributed by atoms with Gasteiger partial charge in [-0.3, -0.25) is 0 Å². The van der Waals surface area contributed by atoms with E-state index in [4.69, 9.17) is 4.52 Å². The maximum atomic E-state index is 5.06. The summed E-state index contributed by atoms with van der Waals surface area (Å²) in [6.45, 7) is 12.5. The number of likely N-dealkylation sites (N-methyl/N-ethyl adjacent to an activating group) is 1. The van der Waals surface area contributed by atoms with Gasteiger partial charge >= 0.3 is 0 Å². The summed E-state index contributed by atoms with van der Waals surface area (Å²) in [7, 11) is 0. The molecule has 6 heteroatoms. The quantitative estimate of drug-likeness (QED) is 0.878. The minimum atomic E-state index is 0.0624. The van der Waals surface area contributed by atoms with E-state index in [0.717, 1.165) is 39.3 Å². The molecule has 6 nitrogen and oxygen atoms in total. The fourth-order valence-electron chi connectivity index (χ4n) is 3.12. The van der Waals surface area contributed by atoms with Crippen LogP contribution in [-0.2, 0) is 6.54 Å². The fourth-order valence-corrected chi connectivity index (χ4v) is 3.12. The van der Waals surface area contributed by atoms with Crippen LogP contribution in [0.5, 0.6) is 0 Å². The number of anilines is 1. The van der Waals surface area contributed by atoms with Gasteiger partial charge < -0.3 is 19.6 Å². The lowest BCUT2D eigenvalue weighted by Gasteiger charge is -2.36. The zero-order valence-electron chi connectivity index (χ0n) is 14.8. The van der Waals surface area contributed by atoms with Gasteiger partial charge in [-0.05, 0) is 25.1 Å². The van der Waals surface area contributed by atoms with Gasteiger partial charge in [0.25, 0.3) is 0 Å². The number of aryl methyl sites for hydroxylation is 1. The molecule has 0 amide bonds. The molecule has 3 rings (SSSR count). The van der Waals surface area contributed by atoms with Gasteiger partial charge in [0.1, 0.15) is 0 Å². The van der Waals surface area contributed by atoms with Crippen LogP contribution in [0.2, 0.25) is 0 Å². The Labute approximate surface area is 143 Å². The molecule has 1 N–H and O–H groups in total. The number of hydrogen-bond donors (Lipinski definition) is 1. The zero-order chi connectivity index (χ0) is 16.9. The maximum Gasteiger partial charge on any atom is 0.223 e. The first-order chi connectivity index (χ1) is 11.7. The van der Waals surface area contributed by atoms with Crippen LogP contribution in [0.1, 0.15) is 37.2 Å². The third kappa shape index (κ3) is 3.94. The predicted octanol–water partition coefficient (Wildman–Crippen LogP) is 2.37. The van der Waals surface area contributed by atoms with Crippen LogP contribution in [-0.4, -0.2) is 47.8 Å². The molecule has 130 valence electrons. The summed E-state index contributed by atoms with van der Waals surface area (Å²) in [6.07, 6.45) is 0. The normalized spacial score (nSPS) is 17.2. The van der Waals surface area contributed by atoms with Crippen molar-refractivity contribution in [1.29, 1.82) is 0 Å². The molecule has 24 heavy (non-hydrogen) atoms. The first kappa shape index (κ1) is 16.9. The van der Waals surface area contributed by atoms with Crippen molar-refractivity contribution < 1.29 is 4.52 Å². The third-order valence-electron chi connectivity index (χ3n) is 4.68. The lowest BCUT2D eigenvalue weighted by Crippen LogP contribution is -2.46. The van der Waals surface area contributed by atoms with Crippen molar-refractivity contribution in [1.82, 2.24) is 20.4 Å². The molecular formula is C18H27N5O. The van der Waals surface area contributed by atoms with Gasteiger partial charge in [0, 0.05) is 45.3 Å². The summed E-state index contributed by atoms with van der Waals surface area (Å²) in [5.41, 5.74) is 2.65. The van der Waals surface area contributed by atoms with Gasteiger partial charge in [-0.25, -0.2) is 0 Å². The second kappa shape index (κ2) is 7.77. The van der Waals surface area contributed by atoms with Gasteiger partial charge in [-0.1, -0.05) is 30.3 Å². The Kier molecular flexibility index (Phi) is 5.48. The average molecular weight is 329 g/mol. The molecule has 1 aromatic heterocycles. The van der Waals surface area contributed by atoms with Crippen molar-refractivity contribution in [2.24, 2.45) is 0 Å². The van der Waals surface area contributed by atoms with Crippen LogP contribution < -0.4 is 10.2 Å². The highest BCUT2D eigenvalue weighted by Crippen LogP contribution is 2.22. The van der Waals surface area contributed by atoms with E-state index in [1.807, 2.05) is 6.92 Å². The van der Waals surface area contributed by atoms with Crippen molar-refractivity contribution in [3.63, 3.8) is 0 Å². The molecule has 0 aliphatic carbocycles. The summed E-state index contributed by atoms with van der Waals surface area (Å²) in [6, 6.07) is 8.71. The van der Waals surface area contributed by atoms with E-state index in [1.165, 1.54) is 11.3 Å². The average Bonchev–Trinajstić information content (AvgIpc) is 3.06. The maximum absolute atomic E-state index is 5.06. The van der Waals surface area contributed by atoms with Crippen molar-refractivity contribution >= 4 is 5.69 Å². The SMILES string of the molecule is CCN1CCN(c2ccccc2CNC(C)c2noc(C)n2)CC1. The molecular weight excluding hydrogens is 302 g/mol. The number of benzene rings is 1. The molecule has 2 heterocycles. The summed E-state index contributed by atoms with van der Waals surface area (Å²) < 4.78 is 5.06. The number of rotatable bonds is 6. The molecule has 2 aromatic rings. The van der Waals surface area contributed by atoms with E-state index in [9.17, 15) is 0 Å². The lowest BCUT2D eigenvalue weighted by atomic mass is 10.1. The van der Waals surface area contributed by atoms with Gasteiger partial charge in [0.05, 0.1) is 6.04 Å². The van der Waals surface area contributed by atoms with E-state index < -0.39 is 0 Å². The Morgan fingerprint density at radius 2 is 1.96 bits per heavy atom. The summed E-state index contributed by atoms with van der Waals surface area (Å²) in [4.78, 5) is 9.29. The smallest absolute Gasteiger partial charge is 0.223 e. The Morgan fingerprint density at radius 3 is 2.62 bits per heavy atom. The predicted molar refractivity (Wildman–Crippen MR) is 95.1 cm³/mol. The van der Waals surface area contributed by atoms with Gasteiger partial charge in [-0.2, -0.15) is 4.98 Å². The Bertz CT molecular complexity index is 648. The number of para-hydroxylation sites is 1. The van der Waals surface area contributed by atoms with Gasteiger partial charge in [0.2, 0.25) is 5.89 Å². The molecule has 0 radical (unpaired) electrons. The molecule has 1 aliphatic heterocycles. The topological polar surface area (TPSA) is 57.4 Å². The molecule has 1 atom stereocenters. The molecule has 1 unspecified atom stereocenters. The molecule has 0 saturated carbocycles. The van der Waals surface area contributed by atoms with E-state index in [1.54, 1.807) is 0 Å². The minimum absolute atomic E-state index is 0.0624. The molecule has 1 fully saturated rings. The second-order valence-corrected chi connectivity index (χ2v) is 6.32. The first-order valence-electron chi connectivity index (χ1n) is 8.76. The minimum Gasteiger partial charge on any atom is -0.369 e. The molecule has 1 aliphatic rings. The fraction of sp³-hybridized carbons (Fsp3) is 0.556. The van der Waals surface area contributed by atoms with Crippen molar-refractivity contribution in [2.45, 2.75) is 33.4 Å². The molecule has 1 saturated heterocycles. The van der Waals surface area contributed by atoms with Crippen LogP contribution in [0, 0.1) is 6.92 Å². The van der Waals surface area contributed by atoms with Crippen LogP contribution in [0.25, 0.3) is 0 Å². The number of nitrogens with one attached hydrogen (secondary N) is 1. The van der Waals surface area contributed by atoms with E-state index in [0.29, 0.717) is 11.7 Å². The van der Waals surface area contributed by atoms with E-state index in [2.05, 4.69) is 63.4 Å². The Morgan fingerprint density at radius 1 is 1.21 bits per heavy atom. The zero-order valence-corrected chi connectivity index (χ0v) is 14.8. The largest absolute Gasteiger partial charge is 0.369 e. The van der Waals surface area contributed by atoms with Crippen molar-refractivity contribution in [3.05, 3.63) is 41.5 Å². The van der Waals surface area contributed by atoms with Crippen LogP contribution in [0.4, 0.5) is 5.69 Å². The number of nitrogens with zero attached hydrogens (tertiary/aromatic N) is 4. The highest BCUT2D eigenvalue weighted by Gasteiger charge is 2.18. The monoisotopic (exact) mass is 329 g/mol. The molecule has 0 spiro atoms. The number of piperazine rings is 1. The van der Waals surface area contributed by atoms with Gasteiger partial charge in [-0.15, -0.1) is 0 Å². The molecule has 0 bridgehead atoms. The van der Waals surface area contributed by atoms with Crippen LogP contribution in [0.3, 0.4) is 0 Å². The van der Waals surface area contributed by atoms with Crippen molar-refractivity contribution in [2.75, 3.05) is 37.6 Å². The highest BCUT2D eigenvalue weighted by atomic mass is 16.5. The van der Waals surface area contributed by atoms with Crippen molar-refractivity contribution in [3.8, 4) is 0 Å². The second-order valence-electron chi connectivity index (χ2n) is 6.32.